The van der Waals surface area contributed by atoms with Gasteiger partial charge in [-0.2, -0.15) is 13.2 Å². The number of nitrogens with zero attached hydrogens (tertiary/aromatic N) is 1. The summed E-state index contributed by atoms with van der Waals surface area (Å²) in [5.41, 5.74) is -2.23. The fourth-order valence-electron chi connectivity index (χ4n) is 1.10. The molecule has 0 bridgehead atoms. The molecule has 0 unspecified atom stereocenters. The van der Waals surface area contributed by atoms with Gasteiger partial charge in [-0.05, 0) is 15.9 Å². The van der Waals surface area contributed by atoms with Gasteiger partial charge in [0.2, 0.25) is 0 Å². The van der Waals surface area contributed by atoms with Crippen molar-refractivity contribution >= 4 is 15.9 Å². The lowest BCUT2D eigenvalue weighted by Gasteiger charge is -2.15. The molecule has 0 saturated carbocycles. The Morgan fingerprint density at radius 1 is 1.38 bits per heavy atom. The molecule has 16 heavy (non-hydrogen) atoms. The third-order valence-electron chi connectivity index (χ3n) is 1.75. The van der Waals surface area contributed by atoms with Crippen LogP contribution in [0.15, 0.2) is 10.8 Å². The first-order valence-corrected chi connectivity index (χ1v) is 4.66. The van der Waals surface area contributed by atoms with Crippen molar-refractivity contribution in [3.05, 3.63) is 21.9 Å². The van der Waals surface area contributed by atoms with Gasteiger partial charge in [-0.3, -0.25) is 0 Å². The summed E-state index contributed by atoms with van der Waals surface area (Å²) in [6.07, 6.45) is -7.46. The smallest absolute Gasteiger partial charge is 0.421 e. The molecule has 8 heteroatoms. The SMILES string of the molecule is COc1c(C(F)(F)F)cnc(Br)c1C(F)F. The van der Waals surface area contributed by atoms with Crippen molar-refractivity contribution < 1.29 is 26.7 Å². The van der Waals surface area contributed by atoms with Crippen molar-refractivity contribution in [3.63, 3.8) is 0 Å². The number of hydrogen-bond acceptors (Lipinski definition) is 2. The van der Waals surface area contributed by atoms with Crippen LogP contribution in [0.1, 0.15) is 17.6 Å². The van der Waals surface area contributed by atoms with Gasteiger partial charge in [0.15, 0.2) is 0 Å². The van der Waals surface area contributed by atoms with Crippen LogP contribution in [0.4, 0.5) is 22.0 Å². The second kappa shape index (κ2) is 4.52. The number of hydrogen-bond donors (Lipinski definition) is 0. The van der Waals surface area contributed by atoms with Crippen LogP contribution in [0, 0.1) is 0 Å². The van der Waals surface area contributed by atoms with Crippen molar-refractivity contribution in [1.29, 1.82) is 0 Å². The van der Waals surface area contributed by atoms with Crippen LogP contribution in [0.25, 0.3) is 0 Å². The third kappa shape index (κ3) is 2.42. The highest BCUT2D eigenvalue weighted by atomic mass is 79.9. The minimum absolute atomic E-state index is 0.368. The third-order valence-corrected chi connectivity index (χ3v) is 2.38. The van der Waals surface area contributed by atoms with E-state index < -0.39 is 29.5 Å². The highest BCUT2D eigenvalue weighted by Crippen LogP contribution is 2.43. The monoisotopic (exact) mass is 305 g/mol. The van der Waals surface area contributed by atoms with E-state index in [0.29, 0.717) is 6.20 Å². The standard InChI is InChI=1S/C8H5BrF5NO/c1-16-5-3(8(12,13)14)2-15-6(9)4(5)7(10)11/h2,7H,1H3. The fraction of sp³-hybridized carbons (Fsp3) is 0.375. The Labute approximate surface area is 95.6 Å². The molecular weight excluding hydrogens is 301 g/mol. The molecule has 0 fully saturated rings. The number of ether oxygens (including phenoxy) is 1. The first-order valence-electron chi connectivity index (χ1n) is 3.86. The second-order valence-corrected chi connectivity index (χ2v) is 3.46. The predicted octanol–water partition coefficient (Wildman–Crippen LogP) is 3.81. The van der Waals surface area contributed by atoms with Gasteiger partial charge in [-0.25, -0.2) is 13.8 Å². The van der Waals surface area contributed by atoms with Crippen LogP contribution >= 0.6 is 15.9 Å². The lowest BCUT2D eigenvalue weighted by molar-refractivity contribution is -0.139. The van der Waals surface area contributed by atoms with E-state index in [0.717, 1.165) is 7.11 Å². The van der Waals surface area contributed by atoms with Gasteiger partial charge in [0.05, 0.1) is 12.7 Å². The number of pyridine rings is 1. The van der Waals surface area contributed by atoms with Crippen molar-refractivity contribution in [3.8, 4) is 5.75 Å². The molecule has 1 aromatic heterocycles. The van der Waals surface area contributed by atoms with Crippen LogP contribution in [0.5, 0.6) is 5.75 Å². The maximum atomic E-state index is 12.5. The number of alkyl halides is 5. The maximum absolute atomic E-state index is 12.5. The van der Waals surface area contributed by atoms with Gasteiger partial charge in [-0.1, -0.05) is 0 Å². The van der Waals surface area contributed by atoms with Gasteiger partial charge in [0.25, 0.3) is 6.43 Å². The summed E-state index contributed by atoms with van der Waals surface area (Å²) in [5, 5.41) is 0. The molecule has 90 valence electrons. The van der Waals surface area contributed by atoms with Crippen LogP contribution in [0.3, 0.4) is 0 Å². The van der Waals surface area contributed by atoms with Crippen LogP contribution in [-0.2, 0) is 6.18 Å². The zero-order valence-corrected chi connectivity index (χ0v) is 9.36. The zero-order valence-electron chi connectivity index (χ0n) is 7.78. The molecule has 0 radical (unpaired) electrons. The van der Waals surface area contributed by atoms with Crippen LogP contribution in [0.2, 0.25) is 0 Å². The van der Waals surface area contributed by atoms with Gasteiger partial charge in [0.1, 0.15) is 15.9 Å². The van der Waals surface area contributed by atoms with Gasteiger partial charge < -0.3 is 4.74 Å². The molecule has 0 saturated heterocycles. The molecule has 2 nitrogen and oxygen atoms in total. The topological polar surface area (TPSA) is 22.1 Å². The lowest BCUT2D eigenvalue weighted by Crippen LogP contribution is -2.11. The van der Waals surface area contributed by atoms with Crippen LogP contribution in [-0.4, -0.2) is 12.1 Å². The second-order valence-electron chi connectivity index (χ2n) is 2.71. The molecule has 0 aliphatic carbocycles. The first kappa shape index (κ1) is 13.1. The molecule has 1 aromatic rings. The number of rotatable bonds is 2. The summed E-state index contributed by atoms with van der Waals surface area (Å²) in [6, 6.07) is 0. The van der Waals surface area contributed by atoms with Crippen LogP contribution < -0.4 is 4.74 Å². The molecule has 1 rings (SSSR count). The van der Waals surface area contributed by atoms with Gasteiger partial charge in [0, 0.05) is 6.20 Å². The van der Waals surface area contributed by atoms with E-state index in [1.165, 1.54) is 0 Å². The quantitative estimate of drug-likeness (QED) is 0.612. The Balaban J connectivity index is 3.49. The minimum atomic E-state index is -4.79. The Bertz CT molecular complexity index is 393. The van der Waals surface area contributed by atoms with E-state index in [4.69, 9.17) is 0 Å². The van der Waals surface area contributed by atoms with E-state index in [2.05, 4.69) is 25.7 Å². The molecule has 0 aliphatic heterocycles. The Kier molecular flexibility index (Phi) is 3.72. The molecule has 0 atom stereocenters. The van der Waals surface area contributed by atoms with Gasteiger partial charge >= 0.3 is 6.18 Å². The van der Waals surface area contributed by atoms with E-state index in [-0.39, 0.29) is 4.60 Å². The average molecular weight is 306 g/mol. The van der Waals surface area contributed by atoms with Gasteiger partial charge in [-0.15, -0.1) is 0 Å². The molecule has 1 heterocycles. The Hall–Kier alpha value is -0.920. The van der Waals surface area contributed by atoms with Crippen molar-refractivity contribution in [2.24, 2.45) is 0 Å². The molecular formula is C8H5BrF5NO. The first-order chi connectivity index (χ1) is 7.29. The maximum Gasteiger partial charge on any atom is 0.421 e. The average Bonchev–Trinajstić information content (AvgIpc) is 2.14. The minimum Gasteiger partial charge on any atom is -0.495 e. The summed E-state index contributed by atoms with van der Waals surface area (Å²) in [4.78, 5) is 3.21. The Morgan fingerprint density at radius 3 is 2.31 bits per heavy atom. The lowest BCUT2D eigenvalue weighted by atomic mass is 10.1. The molecule has 0 aromatic carbocycles. The van der Waals surface area contributed by atoms with E-state index in [1.807, 2.05) is 0 Å². The summed E-state index contributed by atoms with van der Waals surface area (Å²) in [5.74, 6) is -0.913. The molecule has 0 N–H and O–H groups in total. The highest BCUT2D eigenvalue weighted by Gasteiger charge is 2.38. The van der Waals surface area contributed by atoms with E-state index >= 15 is 0 Å². The summed E-state index contributed by atoms with van der Waals surface area (Å²) in [7, 11) is 0.892. The normalized spacial score (nSPS) is 12.0. The fourth-order valence-corrected chi connectivity index (χ4v) is 1.55. The number of methoxy groups -OCH3 is 1. The van der Waals surface area contributed by atoms with Crippen molar-refractivity contribution in [1.82, 2.24) is 4.98 Å². The zero-order chi connectivity index (χ0) is 12.5. The summed E-state index contributed by atoms with van der Waals surface area (Å²) < 4.78 is 66.4. The highest BCUT2D eigenvalue weighted by molar-refractivity contribution is 9.10. The largest absolute Gasteiger partial charge is 0.495 e. The van der Waals surface area contributed by atoms with Crippen molar-refractivity contribution in [2.75, 3.05) is 7.11 Å². The van der Waals surface area contributed by atoms with E-state index in [9.17, 15) is 22.0 Å². The summed E-state index contributed by atoms with van der Waals surface area (Å²) >= 11 is 2.65. The molecule has 0 aliphatic rings. The van der Waals surface area contributed by atoms with Crippen molar-refractivity contribution in [2.45, 2.75) is 12.6 Å². The Morgan fingerprint density at radius 2 is 1.94 bits per heavy atom. The number of aromatic nitrogens is 1. The number of halogens is 6. The molecule has 0 amide bonds. The molecule has 0 spiro atoms. The summed E-state index contributed by atoms with van der Waals surface area (Å²) in [6.45, 7) is 0. The van der Waals surface area contributed by atoms with E-state index in [1.54, 1.807) is 0 Å². The predicted molar refractivity (Wildman–Crippen MR) is 48.4 cm³/mol.